The Bertz CT molecular complexity index is 492. The number of nitrogens with zero attached hydrogens (tertiary/aromatic N) is 2. The van der Waals surface area contributed by atoms with Crippen molar-refractivity contribution in [2.24, 2.45) is 0 Å². The number of hydrogen-bond acceptors (Lipinski definition) is 3. The van der Waals surface area contributed by atoms with Gasteiger partial charge in [0.15, 0.2) is 6.10 Å². The molecule has 0 radical (unpaired) electrons. The molecule has 2 aromatic rings. The molecule has 2 rings (SSSR count). The molecule has 0 aromatic carbocycles. The number of fused-ring (bicyclic) bond motifs is 1. The minimum Gasteiger partial charge on any atom is -0.479 e. The van der Waals surface area contributed by atoms with Gasteiger partial charge in [-0.15, -0.1) is 0 Å². The van der Waals surface area contributed by atoms with Crippen molar-refractivity contribution in [2.75, 3.05) is 0 Å². The van der Waals surface area contributed by atoms with Crippen molar-refractivity contribution in [3.8, 4) is 0 Å². The van der Waals surface area contributed by atoms with Crippen LogP contribution in [0.15, 0.2) is 30.6 Å². The molecule has 2 aromatic heterocycles. The number of hydrogen-bond donors (Lipinski definition) is 2. The average molecular weight is 206 g/mol. The second-order valence-electron chi connectivity index (χ2n) is 3.26. The minimum absolute atomic E-state index is 0.0723. The van der Waals surface area contributed by atoms with E-state index in [1.165, 1.54) is 0 Å². The van der Waals surface area contributed by atoms with E-state index in [0.29, 0.717) is 0 Å². The zero-order valence-electron chi connectivity index (χ0n) is 7.87. The van der Waals surface area contributed by atoms with Gasteiger partial charge in [-0.05, 0) is 12.1 Å². The molecule has 0 aliphatic carbocycles. The second-order valence-corrected chi connectivity index (χ2v) is 3.26. The molecule has 5 nitrogen and oxygen atoms in total. The molecule has 0 amide bonds. The molecule has 0 fully saturated rings. The van der Waals surface area contributed by atoms with Gasteiger partial charge in [0.25, 0.3) is 0 Å². The Kier molecular flexibility index (Phi) is 2.39. The van der Waals surface area contributed by atoms with Gasteiger partial charge in [-0.2, -0.15) is 5.10 Å². The van der Waals surface area contributed by atoms with Crippen molar-refractivity contribution in [3.63, 3.8) is 0 Å². The SMILES string of the molecule is O=C(O)C(O)Cc1cnn2ccccc12. The molecule has 0 aliphatic heterocycles. The molecular weight excluding hydrogens is 196 g/mol. The van der Waals surface area contributed by atoms with E-state index in [9.17, 15) is 9.90 Å². The lowest BCUT2D eigenvalue weighted by atomic mass is 10.1. The van der Waals surface area contributed by atoms with Crippen molar-refractivity contribution in [1.82, 2.24) is 9.61 Å². The molecule has 2 N–H and O–H groups in total. The van der Waals surface area contributed by atoms with Crippen molar-refractivity contribution in [3.05, 3.63) is 36.2 Å². The van der Waals surface area contributed by atoms with Crippen LogP contribution in [0.1, 0.15) is 5.56 Å². The summed E-state index contributed by atoms with van der Waals surface area (Å²) in [6, 6.07) is 5.50. The van der Waals surface area contributed by atoms with Crippen LogP contribution in [0.25, 0.3) is 5.52 Å². The number of aliphatic carboxylic acids is 1. The van der Waals surface area contributed by atoms with Crippen molar-refractivity contribution >= 4 is 11.5 Å². The first-order chi connectivity index (χ1) is 7.18. The highest BCUT2D eigenvalue weighted by molar-refractivity contribution is 5.73. The molecule has 15 heavy (non-hydrogen) atoms. The predicted molar refractivity (Wildman–Crippen MR) is 52.5 cm³/mol. The van der Waals surface area contributed by atoms with Crippen LogP contribution in [-0.4, -0.2) is 31.9 Å². The van der Waals surface area contributed by atoms with Crippen LogP contribution in [0.2, 0.25) is 0 Å². The maximum Gasteiger partial charge on any atom is 0.332 e. The fourth-order valence-electron chi connectivity index (χ4n) is 1.44. The molecule has 1 unspecified atom stereocenters. The number of aromatic nitrogens is 2. The topological polar surface area (TPSA) is 74.8 Å². The van der Waals surface area contributed by atoms with E-state index in [1.807, 2.05) is 18.2 Å². The molecule has 1 atom stereocenters. The van der Waals surface area contributed by atoms with E-state index in [2.05, 4.69) is 5.10 Å². The number of carbonyl (C=O) groups is 1. The monoisotopic (exact) mass is 206 g/mol. The number of carboxylic acids is 1. The predicted octanol–water partition coefficient (Wildman–Crippen LogP) is 0.322. The van der Waals surface area contributed by atoms with E-state index < -0.39 is 12.1 Å². The van der Waals surface area contributed by atoms with Gasteiger partial charge in [0.1, 0.15) is 0 Å². The minimum atomic E-state index is -1.38. The Morgan fingerprint density at radius 2 is 2.33 bits per heavy atom. The van der Waals surface area contributed by atoms with Gasteiger partial charge in [-0.1, -0.05) is 6.07 Å². The second kappa shape index (κ2) is 3.70. The number of rotatable bonds is 3. The molecule has 0 spiro atoms. The largest absolute Gasteiger partial charge is 0.479 e. The lowest BCUT2D eigenvalue weighted by molar-refractivity contribution is -0.146. The van der Waals surface area contributed by atoms with Crippen LogP contribution in [0.5, 0.6) is 0 Å². The first-order valence-corrected chi connectivity index (χ1v) is 4.50. The number of aliphatic hydroxyl groups is 1. The number of carboxylic acid groups (broad SMARTS) is 1. The quantitative estimate of drug-likeness (QED) is 0.758. The zero-order valence-corrected chi connectivity index (χ0v) is 7.87. The zero-order chi connectivity index (χ0) is 10.8. The fourth-order valence-corrected chi connectivity index (χ4v) is 1.44. The lowest BCUT2D eigenvalue weighted by Crippen LogP contribution is -2.21. The first-order valence-electron chi connectivity index (χ1n) is 4.50. The molecule has 0 aliphatic rings. The summed E-state index contributed by atoms with van der Waals surface area (Å²) in [5.74, 6) is -1.22. The summed E-state index contributed by atoms with van der Waals surface area (Å²) < 4.78 is 1.64. The highest BCUT2D eigenvalue weighted by Crippen LogP contribution is 2.12. The highest BCUT2D eigenvalue weighted by Gasteiger charge is 2.16. The van der Waals surface area contributed by atoms with Crippen LogP contribution in [0, 0.1) is 0 Å². The first kappa shape index (κ1) is 9.67. The van der Waals surface area contributed by atoms with Gasteiger partial charge in [0, 0.05) is 18.2 Å². The summed E-state index contributed by atoms with van der Waals surface area (Å²) in [4.78, 5) is 10.5. The van der Waals surface area contributed by atoms with Crippen molar-refractivity contribution < 1.29 is 15.0 Å². The molecule has 5 heteroatoms. The van der Waals surface area contributed by atoms with Crippen LogP contribution in [0.3, 0.4) is 0 Å². The Morgan fingerprint density at radius 3 is 3.07 bits per heavy atom. The highest BCUT2D eigenvalue weighted by atomic mass is 16.4. The maximum absolute atomic E-state index is 10.5. The van der Waals surface area contributed by atoms with Gasteiger partial charge in [0.2, 0.25) is 0 Å². The van der Waals surface area contributed by atoms with Crippen LogP contribution < -0.4 is 0 Å². The van der Waals surface area contributed by atoms with Gasteiger partial charge in [-0.25, -0.2) is 9.31 Å². The normalized spacial score (nSPS) is 12.9. The Labute approximate surface area is 85.6 Å². The van der Waals surface area contributed by atoms with Gasteiger partial charge in [-0.3, -0.25) is 0 Å². The van der Waals surface area contributed by atoms with Crippen LogP contribution >= 0.6 is 0 Å². The molecule has 0 bridgehead atoms. The molecule has 78 valence electrons. The van der Waals surface area contributed by atoms with Crippen LogP contribution in [0.4, 0.5) is 0 Å². The molecule has 0 saturated carbocycles. The Morgan fingerprint density at radius 1 is 1.53 bits per heavy atom. The summed E-state index contributed by atoms with van der Waals surface area (Å²) in [6.45, 7) is 0. The molecule has 0 saturated heterocycles. The number of pyridine rings is 1. The summed E-state index contributed by atoms with van der Waals surface area (Å²) in [5, 5.41) is 21.8. The van der Waals surface area contributed by atoms with E-state index in [4.69, 9.17) is 5.11 Å². The van der Waals surface area contributed by atoms with E-state index in [1.54, 1.807) is 16.9 Å². The molecular formula is C10H10N2O3. The third-order valence-electron chi connectivity index (χ3n) is 2.20. The average Bonchev–Trinajstić information content (AvgIpc) is 2.62. The van der Waals surface area contributed by atoms with E-state index in [0.717, 1.165) is 11.1 Å². The Balaban J connectivity index is 2.32. The lowest BCUT2D eigenvalue weighted by Gasteiger charge is -2.03. The smallest absolute Gasteiger partial charge is 0.332 e. The summed E-state index contributed by atoms with van der Waals surface area (Å²) in [5.41, 5.74) is 1.54. The standard InChI is InChI=1S/C10H10N2O3/c13-9(10(14)15)5-7-6-11-12-4-2-1-3-8(7)12/h1-4,6,9,13H,5H2,(H,14,15). The maximum atomic E-state index is 10.5. The third kappa shape index (κ3) is 1.82. The summed E-state index contributed by atoms with van der Waals surface area (Å²) >= 11 is 0. The van der Waals surface area contributed by atoms with Gasteiger partial charge >= 0.3 is 5.97 Å². The Hall–Kier alpha value is -1.88. The van der Waals surface area contributed by atoms with Crippen molar-refractivity contribution in [1.29, 1.82) is 0 Å². The number of aliphatic hydroxyl groups excluding tert-OH is 1. The van der Waals surface area contributed by atoms with Gasteiger partial charge in [0.05, 0.1) is 11.7 Å². The summed E-state index contributed by atoms with van der Waals surface area (Å²) in [7, 11) is 0. The molecule has 2 heterocycles. The summed E-state index contributed by atoms with van der Waals surface area (Å²) in [6.07, 6.45) is 2.04. The van der Waals surface area contributed by atoms with Crippen molar-refractivity contribution in [2.45, 2.75) is 12.5 Å². The van der Waals surface area contributed by atoms with Gasteiger partial charge < -0.3 is 10.2 Å². The van der Waals surface area contributed by atoms with E-state index in [-0.39, 0.29) is 6.42 Å². The van der Waals surface area contributed by atoms with Crippen LogP contribution in [-0.2, 0) is 11.2 Å². The fraction of sp³-hybridized carbons (Fsp3) is 0.200. The van der Waals surface area contributed by atoms with E-state index >= 15 is 0 Å². The third-order valence-corrected chi connectivity index (χ3v) is 2.20.